The maximum absolute atomic E-state index is 11.0. The average Bonchev–Trinajstić information content (AvgIpc) is 2.34. The summed E-state index contributed by atoms with van der Waals surface area (Å²) in [5.74, 6) is -8.02. The highest BCUT2D eigenvalue weighted by Crippen LogP contribution is 2.21. The number of aliphatic carboxylic acids is 3. The van der Waals surface area contributed by atoms with Crippen LogP contribution in [0.1, 0.15) is 10.4 Å². The fourth-order valence-corrected chi connectivity index (χ4v) is 1.42. The van der Waals surface area contributed by atoms with Gasteiger partial charge in [0.2, 0.25) is 0 Å². The third-order valence-corrected chi connectivity index (χ3v) is 2.44. The Morgan fingerprint density at radius 2 is 1.30 bits per heavy atom. The molecule has 0 saturated heterocycles. The van der Waals surface area contributed by atoms with Crippen molar-refractivity contribution in [3.8, 4) is 0 Å². The van der Waals surface area contributed by atoms with Crippen molar-refractivity contribution in [3.63, 3.8) is 0 Å². The van der Waals surface area contributed by atoms with Gasteiger partial charge in [-0.05, 0) is 12.1 Å². The minimum atomic E-state index is -3.38. The summed E-state index contributed by atoms with van der Waals surface area (Å²) in [5.41, 5.74) is -4.28. The number of carbonyl (C=O) groups is 4. The van der Waals surface area contributed by atoms with Crippen LogP contribution in [0.15, 0.2) is 24.3 Å². The van der Waals surface area contributed by atoms with Gasteiger partial charge in [-0.1, -0.05) is 12.1 Å². The molecule has 0 fully saturated rings. The summed E-state index contributed by atoms with van der Waals surface area (Å²) in [7, 11) is 0. The molecular formula is C11H9NO8. The molecule has 0 bridgehead atoms. The molecule has 0 spiro atoms. The van der Waals surface area contributed by atoms with Crippen molar-refractivity contribution in [2.75, 3.05) is 5.32 Å². The van der Waals surface area contributed by atoms with Crippen LogP contribution < -0.4 is 5.32 Å². The first-order chi connectivity index (χ1) is 9.23. The van der Waals surface area contributed by atoms with Crippen molar-refractivity contribution in [2.45, 2.75) is 5.54 Å². The van der Waals surface area contributed by atoms with Gasteiger partial charge in [-0.2, -0.15) is 0 Å². The Kier molecular flexibility index (Phi) is 3.94. The minimum Gasteiger partial charge on any atom is -0.479 e. The third kappa shape index (κ3) is 2.36. The Morgan fingerprint density at radius 1 is 0.850 bits per heavy atom. The topological polar surface area (TPSA) is 161 Å². The Hall–Kier alpha value is -3.10. The highest BCUT2D eigenvalue weighted by atomic mass is 16.4. The summed E-state index contributed by atoms with van der Waals surface area (Å²) in [6, 6.07) is 4.75. The van der Waals surface area contributed by atoms with Crippen LogP contribution in [0.4, 0.5) is 5.69 Å². The lowest BCUT2D eigenvalue weighted by atomic mass is 9.98. The number of carboxylic acid groups (broad SMARTS) is 4. The Balaban J connectivity index is 3.42. The van der Waals surface area contributed by atoms with E-state index < -0.39 is 40.7 Å². The molecule has 0 amide bonds. The summed E-state index contributed by atoms with van der Waals surface area (Å²) in [6.07, 6.45) is 0. The van der Waals surface area contributed by atoms with E-state index in [2.05, 4.69) is 0 Å². The zero-order chi connectivity index (χ0) is 15.5. The van der Waals surface area contributed by atoms with Crippen LogP contribution in [0.5, 0.6) is 0 Å². The van der Waals surface area contributed by atoms with E-state index >= 15 is 0 Å². The van der Waals surface area contributed by atoms with Gasteiger partial charge in [-0.15, -0.1) is 0 Å². The van der Waals surface area contributed by atoms with E-state index in [4.69, 9.17) is 20.4 Å². The fraction of sp³-hybridized carbons (Fsp3) is 0.0909. The van der Waals surface area contributed by atoms with Crippen LogP contribution in [0.25, 0.3) is 0 Å². The number of anilines is 1. The predicted molar refractivity (Wildman–Crippen MR) is 62.7 cm³/mol. The highest BCUT2D eigenvalue weighted by molar-refractivity contribution is 6.24. The van der Waals surface area contributed by atoms with E-state index in [1.165, 1.54) is 12.1 Å². The number of aromatic carboxylic acids is 1. The lowest BCUT2D eigenvalue weighted by molar-refractivity contribution is -0.165. The van der Waals surface area contributed by atoms with Gasteiger partial charge in [0.05, 0.1) is 11.3 Å². The van der Waals surface area contributed by atoms with Crippen LogP contribution in [0, 0.1) is 0 Å². The summed E-state index contributed by atoms with van der Waals surface area (Å²) in [5, 5.41) is 37.3. The summed E-state index contributed by atoms with van der Waals surface area (Å²) < 4.78 is 0. The average molecular weight is 283 g/mol. The number of carboxylic acids is 4. The fourth-order valence-electron chi connectivity index (χ4n) is 1.42. The normalized spacial score (nSPS) is 10.6. The molecule has 5 N–H and O–H groups in total. The quantitative estimate of drug-likeness (QED) is 0.444. The second-order valence-electron chi connectivity index (χ2n) is 3.64. The second-order valence-corrected chi connectivity index (χ2v) is 3.64. The number of benzene rings is 1. The molecule has 0 saturated carbocycles. The van der Waals surface area contributed by atoms with E-state index in [-0.39, 0.29) is 0 Å². The van der Waals surface area contributed by atoms with Crippen LogP contribution >= 0.6 is 0 Å². The van der Waals surface area contributed by atoms with Gasteiger partial charge in [0.15, 0.2) is 0 Å². The minimum absolute atomic E-state index is 0.438. The number of nitrogens with one attached hydrogen (secondary N) is 1. The molecule has 106 valence electrons. The molecule has 1 aromatic carbocycles. The first-order valence-electron chi connectivity index (χ1n) is 5.04. The van der Waals surface area contributed by atoms with E-state index in [0.717, 1.165) is 12.1 Å². The first-order valence-corrected chi connectivity index (χ1v) is 5.04. The number of hydrogen-bond donors (Lipinski definition) is 5. The molecule has 0 aliphatic carbocycles. The molecule has 0 aliphatic rings. The van der Waals surface area contributed by atoms with Crippen LogP contribution in [0.3, 0.4) is 0 Å². The lowest BCUT2D eigenvalue weighted by Crippen LogP contribution is -2.59. The third-order valence-electron chi connectivity index (χ3n) is 2.44. The zero-order valence-electron chi connectivity index (χ0n) is 9.73. The standard InChI is InChI=1S/C11H9NO8/c13-7(14)5-3-1-2-4-6(5)12-11(8(15)16,9(17)18)10(19)20/h1-4,12H,(H,13,14)(H,15,16)(H,17,18)(H,19,20). The summed E-state index contributed by atoms with van der Waals surface area (Å²) >= 11 is 0. The van der Waals surface area contributed by atoms with Gasteiger partial charge in [0.25, 0.3) is 0 Å². The van der Waals surface area contributed by atoms with Gasteiger partial charge in [0.1, 0.15) is 0 Å². The van der Waals surface area contributed by atoms with E-state index in [9.17, 15) is 19.2 Å². The molecule has 9 nitrogen and oxygen atoms in total. The highest BCUT2D eigenvalue weighted by Gasteiger charge is 2.55. The van der Waals surface area contributed by atoms with Crippen molar-refractivity contribution in [3.05, 3.63) is 29.8 Å². The Bertz CT molecular complexity index is 558. The molecule has 0 aliphatic heterocycles. The zero-order valence-corrected chi connectivity index (χ0v) is 9.73. The van der Waals surface area contributed by atoms with Crippen molar-refractivity contribution >= 4 is 29.6 Å². The van der Waals surface area contributed by atoms with Crippen molar-refractivity contribution in [1.82, 2.24) is 0 Å². The van der Waals surface area contributed by atoms with E-state index in [0.29, 0.717) is 0 Å². The number of hydrogen-bond acceptors (Lipinski definition) is 5. The number of rotatable bonds is 6. The Labute approximate surface area is 111 Å². The second kappa shape index (κ2) is 5.26. The van der Waals surface area contributed by atoms with Crippen LogP contribution in [-0.4, -0.2) is 49.8 Å². The van der Waals surface area contributed by atoms with Crippen molar-refractivity contribution < 1.29 is 39.6 Å². The molecule has 0 atom stereocenters. The van der Waals surface area contributed by atoms with Crippen LogP contribution in [-0.2, 0) is 14.4 Å². The largest absolute Gasteiger partial charge is 0.479 e. The smallest absolute Gasteiger partial charge is 0.353 e. The van der Waals surface area contributed by atoms with Crippen LogP contribution in [0.2, 0.25) is 0 Å². The maximum atomic E-state index is 11.0. The van der Waals surface area contributed by atoms with E-state index in [1.807, 2.05) is 0 Å². The molecule has 0 unspecified atom stereocenters. The van der Waals surface area contributed by atoms with Gasteiger partial charge >= 0.3 is 29.4 Å². The van der Waals surface area contributed by atoms with Crippen molar-refractivity contribution in [1.29, 1.82) is 0 Å². The molecule has 20 heavy (non-hydrogen) atoms. The molecular weight excluding hydrogens is 274 g/mol. The SMILES string of the molecule is O=C(O)c1ccccc1NC(C(=O)O)(C(=O)O)C(=O)O. The summed E-state index contributed by atoms with van der Waals surface area (Å²) in [4.78, 5) is 44.0. The monoisotopic (exact) mass is 283 g/mol. The van der Waals surface area contributed by atoms with Gasteiger partial charge < -0.3 is 25.7 Å². The van der Waals surface area contributed by atoms with Gasteiger partial charge in [0, 0.05) is 0 Å². The number of para-hydroxylation sites is 1. The predicted octanol–water partition coefficient (Wildman–Crippen LogP) is -0.211. The molecule has 0 radical (unpaired) electrons. The molecule has 1 rings (SSSR count). The summed E-state index contributed by atoms with van der Waals surface area (Å²) in [6.45, 7) is 0. The molecule has 0 aromatic heterocycles. The van der Waals surface area contributed by atoms with E-state index in [1.54, 1.807) is 5.32 Å². The van der Waals surface area contributed by atoms with Gasteiger partial charge in [-0.3, -0.25) is 0 Å². The first kappa shape index (κ1) is 15.0. The van der Waals surface area contributed by atoms with Crippen molar-refractivity contribution in [2.24, 2.45) is 0 Å². The Morgan fingerprint density at radius 3 is 1.70 bits per heavy atom. The molecule has 0 heterocycles. The molecule has 9 heteroatoms. The lowest BCUT2D eigenvalue weighted by Gasteiger charge is -2.23. The molecule has 1 aromatic rings. The maximum Gasteiger partial charge on any atom is 0.353 e. The van der Waals surface area contributed by atoms with Gasteiger partial charge in [-0.25, -0.2) is 19.2 Å².